The Morgan fingerprint density at radius 1 is 1.40 bits per heavy atom. The molecule has 1 unspecified atom stereocenters. The minimum Gasteiger partial charge on any atom is -0.451 e. The van der Waals surface area contributed by atoms with Crippen molar-refractivity contribution in [2.45, 2.75) is 12.8 Å². The van der Waals surface area contributed by atoms with Gasteiger partial charge in [0.1, 0.15) is 5.58 Å². The second-order valence-corrected chi connectivity index (χ2v) is 5.61. The fourth-order valence-corrected chi connectivity index (χ4v) is 2.83. The standard InChI is InChI=1S/C15H16N2O2S/c16-14(20)11-5-3-7-17(9-11)15(18)13-8-10-4-1-2-6-12(10)19-13/h1-2,4,6,8,11H,3,5,7,9H2,(H2,16,20). The van der Waals surface area contributed by atoms with Crippen LogP contribution in [0, 0.1) is 5.92 Å². The number of fused-ring (bicyclic) bond motifs is 1. The van der Waals surface area contributed by atoms with Gasteiger partial charge < -0.3 is 15.1 Å². The fourth-order valence-electron chi connectivity index (χ4n) is 2.64. The van der Waals surface area contributed by atoms with Crippen molar-refractivity contribution in [3.8, 4) is 0 Å². The van der Waals surface area contributed by atoms with Gasteiger partial charge in [0.15, 0.2) is 5.76 Å². The summed E-state index contributed by atoms with van der Waals surface area (Å²) in [5.41, 5.74) is 6.43. The number of amides is 1. The van der Waals surface area contributed by atoms with Crippen LogP contribution in [0.5, 0.6) is 0 Å². The van der Waals surface area contributed by atoms with Crippen molar-refractivity contribution in [1.82, 2.24) is 4.90 Å². The molecule has 2 aromatic rings. The highest BCUT2D eigenvalue weighted by Gasteiger charge is 2.27. The smallest absolute Gasteiger partial charge is 0.289 e. The number of benzene rings is 1. The van der Waals surface area contributed by atoms with Gasteiger partial charge in [-0.15, -0.1) is 0 Å². The lowest BCUT2D eigenvalue weighted by molar-refractivity contribution is 0.0674. The van der Waals surface area contributed by atoms with Crippen molar-refractivity contribution in [2.75, 3.05) is 13.1 Å². The molecule has 0 aliphatic carbocycles. The van der Waals surface area contributed by atoms with Crippen LogP contribution in [-0.2, 0) is 0 Å². The Morgan fingerprint density at radius 3 is 2.95 bits per heavy atom. The van der Waals surface area contributed by atoms with Crippen LogP contribution in [0.25, 0.3) is 11.0 Å². The van der Waals surface area contributed by atoms with E-state index in [4.69, 9.17) is 22.4 Å². The van der Waals surface area contributed by atoms with E-state index < -0.39 is 0 Å². The molecule has 1 atom stereocenters. The number of carbonyl (C=O) groups is 1. The Hall–Kier alpha value is -1.88. The van der Waals surface area contributed by atoms with E-state index in [1.165, 1.54) is 0 Å². The first-order valence-corrected chi connectivity index (χ1v) is 7.13. The molecule has 1 aliphatic rings. The van der Waals surface area contributed by atoms with E-state index in [0.29, 0.717) is 17.3 Å². The van der Waals surface area contributed by atoms with Gasteiger partial charge in [-0.3, -0.25) is 4.79 Å². The second-order valence-electron chi connectivity index (χ2n) is 5.14. The molecule has 1 fully saturated rings. The molecule has 1 aromatic carbocycles. The quantitative estimate of drug-likeness (QED) is 0.863. The normalized spacial score (nSPS) is 19.2. The SMILES string of the molecule is NC(=S)C1CCCN(C(=O)c2cc3ccccc3o2)C1. The van der Waals surface area contributed by atoms with E-state index in [-0.39, 0.29) is 11.8 Å². The molecule has 1 aromatic heterocycles. The molecule has 104 valence electrons. The van der Waals surface area contributed by atoms with Gasteiger partial charge in [0.2, 0.25) is 0 Å². The molecule has 2 N–H and O–H groups in total. The molecule has 20 heavy (non-hydrogen) atoms. The molecule has 3 rings (SSSR count). The number of furan rings is 1. The van der Waals surface area contributed by atoms with Crippen molar-refractivity contribution in [3.63, 3.8) is 0 Å². The first kappa shape index (κ1) is 13.1. The molecule has 1 amide bonds. The van der Waals surface area contributed by atoms with Crippen molar-refractivity contribution >= 4 is 34.1 Å². The maximum absolute atomic E-state index is 12.5. The lowest BCUT2D eigenvalue weighted by atomic mass is 9.98. The number of hydrogen-bond donors (Lipinski definition) is 1. The van der Waals surface area contributed by atoms with Crippen LogP contribution in [0.15, 0.2) is 34.7 Å². The summed E-state index contributed by atoms with van der Waals surface area (Å²) < 4.78 is 5.62. The molecule has 0 spiro atoms. The zero-order valence-corrected chi connectivity index (χ0v) is 11.9. The summed E-state index contributed by atoms with van der Waals surface area (Å²) in [6.45, 7) is 1.32. The molecular formula is C15H16N2O2S. The largest absolute Gasteiger partial charge is 0.451 e. The lowest BCUT2D eigenvalue weighted by Gasteiger charge is -2.31. The van der Waals surface area contributed by atoms with E-state index in [1.807, 2.05) is 24.3 Å². The van der Waals surface area contributed by atoms with Gasteiger partial charge in [-0.05, 0) is 25.0 Å². The highest BCUT2D eigenvalue weighted by atomic mass is 32.1. The van der Waals surface area contributed by atoms with Gasteiger partial charge in [0, 0.05) is 24.4 Å². The van der Waals surface area contributed by atoms with Crippen LogP contribution >= 0.6 is 12.2 Å². The number of hydrogen-bond acceptors (Lipinski definition) is 3. The number of nitrogens with two attached hydrogens (primary N) is 1. The number of para-hydroxylation sites is 1. The monoisotopic (exact) mass is 288 g/mol. The van der Waals surface area contributed by atoms with Gasteiger partial charge in [-0.25, -0.2) is 0 Å². The number of carbonyl (C=O) groups excluding carboxylic acids is 1. The molecule has 1 aliphatic heterocycles. The summed E-state index contributed by atoms with van der Waals surface area (Å²) in [5, 5.41) is 0.943. The van der Waals surface area contributed by atoms with Crippen molar-refractivity contribution in [1.29, 1.82) is 0 Å². The van der Waals surface area contributed by atoms with Crippen LogP contribution in [-0.4, -0.2) is 28.9 Å². The Labute approximate surface area is 122 Å². The van der Waals surface area contributed by atoms with E-state index in [9.17, 15) is 4.79 Å². The van der Waals surface area contributed by atoms with Gasteiger partial charge in [-0.2, -0.15) is 0 Å². The molecule has 1 saturated heterocycles. The lowest BCUT2D eigenvalue weighted by Crippen LogP contribution is -2.43. The number of thiocarbonyl (C=S) groups is 1. The third-order valence-corrected chi connectivity index (χ3v) is 4.08. The summed E-state index contributed by atoms with van der Waals surface area (Å²) >= 11 is 5.04. The Kier molecular flexibility index (Phi) is 3.44. The van der Waals surface area contributed by atoms with Crippen LogP contribution < -0.4 is 5.73 Å². The third-order valence-electron chi connectivity index (χ3n) is 3.75. The predicted octanol–water partition coefficient (Wildman–Crippen LogP) is 2.57. The van der Waals surface area contributed by atoms with Crippen LogP contribution in [0.4, 0.5) is 0 Å². The Morgan fingerprint density at radius 2 is 2.20 bits per heavy atom. The summed E-state index contributed by atoms with van der Waals surface area (Å²) in [7, 11) is 0. The molecule has 2 heterocycles. The molecule has 0 radical (unpaired) electrons. The minimum atomic E-state index is -0.0813. The maximum atomic E-state index is 12.5. The molecule has 0 bridgehead atoms. The summed E-state index contributed by atoms with van der Waals surface area (Å²) in [6, 6.07) is 9.41. The van der Waals surface area contributed by atoms with Crippen molar-refractivity contribution < 1.29 is 9.21 Å². The van der Waals surface area contributed by atoms with E-state index in [0.717, 1.165) is 30.4 Å². The highest BCUT2D eigenvalue weighted by molar-refractivity contribution is 7.80. The van der Waals surface area contributed by atoms with Gasteiger partial charge in [0.05, 0.1) is 4.99 Å². The molecule has 4 nitrogen and oxygen atoms in total. The number of rotatable bonds is 2. The van der Waals surface area contributed by atoms with Crippen molar-refractivity contribution in [2.24, 2.45) is 11.7 Å². The van der Waals surface area contributed by atoms with E-state index >= 15 is 0 Å². The first-order chi connectivity index (χ1) is 9.65. The minimum absolute atomic E-state index is 0.0813. The topological polar surface area (TPSA) is 59.5 Å². The van der Waals surface area contributed by atoms with Gasteiger partial charge >= 0.3 is 0 Å². The number of nitrogens with zero attached hydrogens (tertiary/aromatic N) is 1. The number of piperidine rings is 1. The summed E-state index contributed by atoms with van der Waals surface area (Å²) in [5.74, 6) is 0.420. The first-order valence-electron chi connectivity index (χ1n) is 6.72. The molecular weight excluding hydrogens is 272 g/mol. The number of likely N-dealkylation sites (tertiary alicyclic amines) is 1. The predicted molar refractivity (Wildman–Crippen MR) is 81.6 cm³/mol. The van der Waals surface area contributed by atoms with Gasteiger partial charge in [0.25, 0.3) is 5.91 Å². The molecule has 0 saturated carbocycles. The van der Waals surface area contributed by atoms with Crippen LogP contribution in [0.2, 0.25) is 0 Å². The third kappa shape index (κ3) is 2.41. The zero-order chi connectivity index (χ0) is 14.1. The fraction of sp³-hybridized carbons (Fsp3) is 0.333. The second kappa shape index (κ2) is 5.25. The summed E-state index contributed by atoms with van der Waals surface area (Å²) in [6.07, 6.45) is 1.88. The van der Waals surface area contributed by atoms with Crippen LogP contribution in [0.1, 0.15) is 23.4 Å². The van der Waals surface area contributed by atoms with E-state index in [2.05, 4.69) is 0 Å². The van der Waals surface area contributed by atoms with Gasteiger partial charge in [-0.1, -0.05) is 30.4 Å². The zero-order valence-electron chi connectivity index (χ0n) is 11.0. The van der Waals surface area contributed by atoms with Crippen molar-refractivity contribution in [3.05, 3.63) is 36.1 Å². The van der Waals surface area contributed by atoms with E-state index in [1.54, 1.807) is 11.0 Å². The Balaban J connectivity index is 1.82. The van der Waals surface area contributed by atoms with Crippen LogP contribution in [0.3, 0.4) is 0 Å². The highest BCUT2D eigenvalue weighted by Crippen LogP contribution is 2.23. The average molecular weight is 288 g/mol. The Bertz CT molecular complexity index is 632. The maximum Gasteiger partial charge on any atom is 0.289 e. The average Bonchev–Trinajstić information content (AvgIpc) is 2.90. The summed E-state index contributed by atoms with van der Waals surface area (Å²) in [4.78, 5) is 14.8. The molecule has 5 heteroatoms.